The van der Waals surface area contributed by atoms with E-state index in [9.17, 15) is 13.6 Å². The molecule has 0 fully saturated rings. The van der Waals surface area contributed by atoms with Crippen molar-refractivity contribution in [3.05, 3.63) is 29.6 Å². The van der Waals surface area contributed by atoms with Gasteiger partial charge >= 0.3 is 0 Å². The number of carbonyl (C=O) groups excluding carboxylic acids is 1. The Morgan fingerprint density at radius 2 is 2.37 bits per heavy atom. The number of aromatic nitrogens is 1. The van der Waals surface area contributed by atoms with Crippen molar-refractivity contribution in [3.8, 4) is 0 Å². The van der Waals surface area contributed by atoms with Crippen LogP contribution >= 0.6 is 0 Å². The van der Waals surface area contributed by atoms with Crippen molar-refractivity contribution in [2.45, 2.75) is 38.0 Å². The third kappa shape index (κ3) is 3.80. The molecule has 0 spiro atoms. The summed E-state index contributed by atoms with van der Waals surface area (Å²) in [5.74, 6) is -0.158. The monoisotopic (exact) mass is 269 g/mol. The van der Waals surface area contributed by atoms with Gasteiger partial charge < -0.3 is 4.74 Å². The van der Waals surface area contributed by atoms with E-state index in [1.54, 1.807) is 6.20 Å². The van der Waals surface area contributed by atoms with Crippen molar-refractivity contribution in [2.24, 2.45) is 0 Å². The van der Waals surface area contributed by atoms with Gasteiger partial charge in [-0.05, 0) is 30.9 Å². The van der Waals surface area contributed by atoms with Gasteiger partial charge in [0.2, 0.25) is 0 Å². The van der Waals surface area contributed by atoms with Crippen molar-refractivity contribution in [1.82, 2.24) is 4.98 Å². The number of nitrogens with zero attached hydrogens (tertiary/aromatic N) is 1. The van der Waals surface area contributed by atoms with E-state index in [0.717, 1.165) is 30.5 Å². The normalized spacial score (nSPS) is 18.4. The number of ether oxygens (including phenoxy) is 1. The molecule has 0 aromatic carbocycles. The molecule has 2 rings (SSSR count). The number of fused-ring (bicyclic) bond motifs is 1. The number of hydrogen-bond donors (Lipinski definition) is 0. The highest BCUT2D eigenvalue weighted by Gasteiger charge is 2.26. The van der Waals surface area contributed by atoms with Gasteiger partial charge in [0.15, 0.2) is 0 Å². The second-order valence-electron chi connectivity index (χ2n) is 4.67. The molecule has 0 N–H and O–H groups in total. The molecule has 19 heavy (non-hydrogen) atoms. The second-order valence-corrected chi connectivity index (χ2v) is 4.67. The number of hydrogen-bond acceptors (Lipinski definition) is 3. The van der Waals surface area contributed by atoms with Crippen LogP contribution in [-0.4, -0.2) is 30.4 Å². The highest BCUT2D eigenvalue weighted by molar-refractivity contribution is 5.85. The first-order chi connectivity index (χ1) is 9.18. The summed E-state index contributed by atoms with van der Waals surface area (Å²) in [5, 5.41) is 0. The minimum Gasteiger partial charge on any atom is -0.375 e. The predicted molar refractivity (Wildman–Crippen MR) is 66.4 cm³/mol. The molecule has 0 amide bonds. The molecule has 0 aliphatic heterocycles. The summed E-state index contributed by atoms with van der Waals surface area (Å²) >= 11 is 0. The maximum absolute atomic E-state index is 12.1. The average molecular weight is 269 g/mol. The summed E-state index contributed by atoms with van der Waals surface area (Å²) in [6.07, 6.45) is 2.09. The smallest absolute Gasteiger partial charge is 0.261 e. The Labute approximate surface area is 111 Å². The Bertz CT molecular complexity index is 437. The van der Waals surface area contributed by atoms with E-state index < -0.39 is 13.0 Å². The van der Waals surface area contributed by atoms with Gasteiger partial charge in [-0.2, -0.15) is 0 Å². The minimum absolute atomic E-state index is 0.0360. The number of halogens is 2. The number of pyridine rings is 1. The average Bonchev–Trinajstić information content (AvgIpc) is 2.42. The maximum atomic E-state index is 12.1. The molecule has 1 aliphatic carbocycles. The molecule has 1 unspecified atom stereocenters. The number of aryl methyl sites for hydroxylation is 1. The summed E-state index contributed by atoms with van der Waals surface area (Å²) in [6, 6.07) is 3.87. The quantitative estimate of drug-likeness (QED) is 0.745. The highest BCUT2D eigenvalue weighted by Crippen LogP contribution is 2.31. The first kappa shape index (κ1) is 14.1. The van der Waals surface area contributed by atoms with Crippen LogP contribution < -0.4 is 0 Å². The molecule has 1 aromatic rings. The van der Waals surface area contributed by atoms with Gasteiger partial charge in [0.1, 0.15) is 12.4 Å². The van der Waals surface area contributed by atoms with E-state index in [0.29, 0.717) is 0 Å². The van der Waals surface area contributed by atoms with E-state index in [1.807, 2.05) is 12.1 Å². The molecule has 5 heteroatoms. The second kappa shape index (κ2) is 6.70. The number of rotatable bonds is 6. The lowest BCUT2D eigenvalue weighted by atomic mass is 9.83. The molecular formula is C14H17F2NO2. The Balaban J connectivity index is 1.90. The van der Waals surface area contributed by atoms with Crippen LogP contribution in [0.25, 0.3) is 0 Å². The third-order valence-corrected chi connectivity index (χ3v) is 3.32. The Hall–Kier alpha value is -1.36. The zero-order valence-electron chi connectivity index (χ0n) is 10.6. The number of carbonyl (C=O) groups is 1. The zero-order valence-corrected chi connectivity index (χ0v) is 10.6. The van der Waals surface area contributed by atoms with E-state index in [2.05, 4.69) is 4.98 Å². The number of alkyl halides is 2. The van der Waals surface area contributed by atoms with E-state index in [1.165, 1.54) is 0 Å². The molecule has 3 nitrogen and oxygen atoms in total. The molecule has 1 aromatic heterocycles. The maximum Gasteiger partial charge on any atom is 0.261 e. The first-order valence-electron chi connectivity index (χ1n) is 6.51. The van der Waals surface area contributed by atoms with Crippen LogP contribution in [0.2, 0.25) is 0 Å². The molecule has 0 saturated heterocycles. The molecule has 1 aliphatic rings. The molecule has 1 heterocycles. The van der Waals surface area contributed by atoms with Gasteiger partial charge in [-0.15, -0.1) is 0 Å². The Kier molecular flexibility index (Phi) is 4.96. The largest absolute Gasteiger partial charge is 0.375 e. The fraction of sp³-hybridized carbons (Fsp3) is 0.571. The molecule has 104 valence electrons. The third-order valence-electron chi connectivity index (χ3n) is 3.32. The predicted octanol–water partition coefficient (Wildman–Crippen LogP) is 2.74. The summed E-state index contributed by atoms with van der Waals surface area (Å²) in [7, 11) is 0. The van der Waals surface area contributed by atoms with Gasteiger partial charge in [-0.1, -0.05) is 6.07 Å². The lowest BCUT2D eigenvalue weighted by Gasteiger charge is -2.23. The van der Waals surface area contributed by atoms with Gasteiger partial charge in [0.05, 0.1) is 18.2 Å². The fourth-order valence-electron chi connectivity index (χ4n) is 2.44. The standard InChI is InChI=1S/C14H17F2NO2/c15-13(16)9-19-8-6-12(18)11-5-1-3-10-4-2-7-17-14(10)11/h2,4,7,11,13H,1,3,5-6,8-9H2. The Morgan fingerprint density at radius 1 is 1.53 bits per heavy atom. The van der Waals surface area contributed by atoms with Crippen molar-refractivity contribution >= 4 is 5.78 Å². The first-order valence-corrected chi connectivity index (χ1v) is 6.51. The van der Waals surface area contributed by atoms with Crippen molar-refractivity contribution in [1.29, 1.82) is 0 Å². The summed E-state index contributed by atoms with van der Waals surface area (Å²) < 4.78 is 28.5. The summed E-state index contributed by atoms with van der Waals surface area (Å²) in [6.45, 7) is -0.547. The molecule has 0 radical (unpaired) electrons. The fourth-order valence-corrected chi connectivity index (χ4v) is 2.44. The highest BCUT2D eigenvalue weighted by atomic mass is 19.3. The summed E-state index contributed by atoms with van der Waals surface area (Å²) in [5.41, 5.74) is 1.98. The van der Waals surface area contributed by atoms with Crippen LogP contribution in [0.15, 0.2) is 18.3 Å². The Morgan fingerprint density at radius 3 is 3.16 bits per heavy atom. The van der Waals surface area contributed by atoms with Crippen molar-refractivity contribution in [3.63, 3.8) is 0 Å². The van der Waals surface area contributed by atoms with Gasteiger partial charge in [0, 0.05) is 12.6 Å². The van der Waals surface area contributed by atoms with Crippen LogP contribution in [0.3, 0.4) is 0 Å². The van der Waals surface area contributed by atoms with E-state index in [-0.39, 0.29) is 24.7 Å². The van der Waals surface area contributed by atoms with E-state index in [4.69, 9.17) is 4.74 Å². The number of ketones is 1. The van der Waals surface area contributed by atoms with Gasteiger partial charge in [-0.3, -0.25) is 9.78 Å². The topological polar surface area (TPSA) is 39.2 Å². The number of Topliss-reactive ketones (excluding diaryl/α,β-unsaturated/α-hetero) is 1. The van der Waals surface area contributed by atoms with E-state index >= 15 is 0 Å². The van der Waals surface area contributed by atoms with Crippen LogP contribution in [0, 0.1) is 0 Å². The van der Waals surface area contributed by atoms with Crippen molar-refractivity contribution in [2.75, 3.05) is 13.2 Å². The minimum atomic E-state index is -2.48. The van der Waals surface area contributed by atoms with Crippen LogP contribution in [-0.2, 0) is 16.0 Å². The lowest BCUT2D eigenvalue weighted by molar-refractivity contribution is -0.122. The summed E-state index contributed by atoms with van der Waals surface area (Å²) in [4.78, 5) is 16.4. The van der Waals surface area contributed by atoms with Crippen molar-refractivity contribution < 1.29 is 18.3 Å². The zero-order chi connectivity index (χ0) is 13.7. The molecule has 0 bridgehead atoms. The van der Waals surface area contributed by atoms with Crippen LogP contribution in [0.5, 0.6) is 0 Å². The van der Waals surface area contributed by atoms with Gasteiger partial charge in [-0.25, -0.2) is 8.78 Å². The molecule has 0 saturated carbocycles. The van der Waals surface area contributed by atoms with Crippen LogP contribution in [0.4, 0.5) is 8.78 Å². The molecular weight excluding hydrogens is 252 g/mol. The molecule has 1 atom stereocenters. The van der Waals surface area contributed by atoms with Gasteiger partial charge in [0.25, 0.3) is 6.43 Å². The lowest BCUT2D eigenvalue weighted by Crippen LogP contribution is -2.21. The SMILES string of the molecule is O=C(CCOCC(F)F)C1CCCc2cccnc21. The van der Waals surface area contributed by atoms with Crippen LogP contribution in [0.1, 0.15) is 36.4 Å².